The Labute approximate surface area is 127 Å². The summed E-state index contributed by atoms with van der Waals surface area (Å²) in [4.78, 5) is 42.3. The van der Waals surface area contributed by atoms with E-state index < -0.39 is 16.8 Å². The molecule has 2 aromatic carbocycles. The molecular weight excluding hydrogens is 302 g/mol. The molecule has 0 fully saturated rings. The Hall–Kier alpha value is -3.42. The lowest BCUT2D eigenvalue weighted by Crippen LogP contribution is -2.21. The van der Waals surface area contributed by atoms with Crippen LogP contribution < -0.4 is 21.8 Å². The highest BCUT2D eigenvalue weighted by molar-refractivity contribution is 6.02. The molecule has 23 heavy (non-hydrogen) atoms. The summed E-state index contributed by atoms with van der Waals surface area (Å²) in [6.07, 6.45) is 1.07. The van der Waals surface area contributed by atoms with E-state index in [2.05, 4.69) is 9.97 Å². The number of aromatic carboxylic acids is 1. The second-order valence-corrected chi connectivity index (χ2v) is 4.98. The number of fused-ring (bicyclic) bond motifs is 2. The van der Waals surface area contributed by atoms with E-state index in [4.69, 9.17) is 5.73 Å². The van der Waals surface area contributed by atoms with Gasteiger partial charge in [0.15, 0.2) is 0 Å². The molecule has 0 radical (unpaired) electrons. The van der Waals surface area contributed by atoms with Crippen molar-refractivity contribution in [3.63, 3.8) is 0 Å². The number of nitrogens with zero attached hydrogens (tertiary/aromatic N) is 1. The number of benzene rings is 2. The molecular formula is C15H11N3O5. The van der Waals surface area contributed by atoms with Crippen LogP contribution in [0.3, 0.4) is 0 Å². The predicted molar refractivity (Wildman–Crippen MR) is 83.4 cm³/mol. The molecule has 0 spiro atoms. The Morgan fingerprint density at radius 2 is 1.96 bits per heavy atom. The molecule has 1 aromatic heterocycles. The van der Waals surface area contributed by atoms with Gasteiger partial charge in [-0.2, -0.15) is 0 Å². The number of nitrogens with one attached hydrogen (secondary N) is 1. The SMILES string of the molecule is Cc1c(O)c(=CN)c2nc3c(=O)ccc(C(=O)O)c3[nH]c2c1=O. The molecule has 0 aliphatic carbocycles. The van der Waals surface area contributed by atoms with E-state index in [0.29, 0.717) is 0 Å². The van der Waals surface area contributed by atoms with Crippen molar-refractivity contribution in [2.45, 2.75) is 6.92 Å². The number of nitrogens with two attached hydrogens (primary N) is 1. The second-order valence-electron chi connectivity index (χ2n) is 4.98. The van der Waals surface area contributed by atoms with E-state index in [1.807, 2.05) is 0 Å². The van der Waals surface area contributed by atoms with Gasteiger partial charge in [0.1, 0.15) is 22.3 Å². The molecule has 0 aliphatic heterocycles. The fourth-order valence-electron chi connectivity index (χ4n) is 2.47. The fraction of sp³-hybridized carbons (Fsp3) is 0.0667. The van der Waals surface area contributed by atoms with Gasteiger partial charge in [0.05, 0.1) is 16.3 Å². The van der Waals surface area contributed by atoms with Crippen molar-refractivity contribution in [3.8, 4) is 5.75 Å². The zero-order chi connectivity index (χ0) is 16.9. The number of aromatic hydroxyl groups is 1. The lowest BCUT2D eigenvalue weighted by atomic mass is 10.1. The van der Waals surface area contributed by atoms with Crippen molar-refractivity contribution >= 4 is 34.2 Å². The van der Waals surface area contributed by atoms with Gasteiger partial charge in [0, 0.05) is 11.8 Å². The number of aromatic nitrogens is 2. The van der Waals surface area contributed by atoms with Crippen LogP contribution in [0.5, 0.6) is 5.75 Å². The summed E-state index contributed by atoms with van der Waals surface area (Å²) >= 11 is 0. The van der Waals surface area contributed by atoms with Gasteiger partial charge < -0.3 is 20.9 Å². The summed E-state index contributed by atoms with van der Waals surface area (Å²) in [6.45, 7) is 1.41. The molecule has 3 aromatic rings. The minimum Gasteiger partial charge on any atom is -0.507 e. The van der Waals surface area contributed by atoms with Crippen LogP contribution in [0.2, 0.25) is 0 Å². The van der Waals surface area contributed by atoms with Crippen molar-refractivity contribution < 1.29 is 15.0 Å². The third-order valence-electron chi connectivity index (χ3n) is 3.68. The van der Waals surface area contributed by atoms with Gasteiger partial charge in [-0.05, 0) is 19.1 Å². The molecule has 0 bridgehead atoms. The minimum absolute atomic E-state index is 0.00717. The maximum absolute atomic E-state index is 12.3. The smallest absolute Gasteiger partial charge is 0.337 e. The van der Waals surface area contributed by atoms with E-state index in [9.17, 15) is 24.6 Å². The highest BCUT2D eigenvalue weighted by Gasteiger charge is 2.17. The summed E-state index contributed by atoms with van der Waals surface area (Å²) in [6, 6.07) is 2.22. The summed E-state index contributed by atoms with van der Waals surface area (Å²) < 4.78 is 0. The van der Waals surface area contributed by atoms with Crippen LogP contribution in [-0.4, -0.2) is 26.2 Å². The lowest BCUT2D eigenvalue weighted by molar-refractivity contribution is 0.0699. The number of carboxylic acids is 1. The van der Waals surface area contributed by atoms with Crippen molar-refractivity contribution in [1.29, 1.82) is 0 Å². The number of phenolic OH excluding ortho intramolecular Hbond substituents is 1. The first-order valence-corrected chi connectivity index (χ1v) is 6.54. The maximum atomic E-state index is 12.3. The number of carbonyl (C=O) groups is 1. The number of hydrogen-bond acceptors (Lipinski definition) is 6. The lowest BCUT2D eigenvalue weighted by Gasteiger charge is -2.07. The number of phenols is 1. The fourth-order valence-corrected chi connectivity index (χ4v) is 2.47. The standard InChI is InChI=1S/C15H11N3O5/c1-5-13(20)7(4-16)10-12(14(5)21)18-9-6(15(22)23)2-3-8(19)11(9)17-10/h2-4,18,20H,16H2,1H3,(H,22,23). The van der Waals surface area contributed by atoms with Gasteiger partial charge in [-0.1, -0.05) is 0 Å². The molecule has 0 saturated carbocycles. The first-order valence-electron chi connectivity index (χ1n) is 6.54. The third-order valence-corrected chi connectivity index (χ3v) is 3.68. The zero-order valence-electron chi connectivity index (χ0n) is 11.9. The average Bonchev–Trinajstić information content (AvgIpc) is 2.52. The Bertz CT molecular complexity index is 1160. The molecule has 0 unspecified atom stereocenters. The van der Waals surface area contributed by atoms with E-state index >= 15 is 0 Å². The van der Waals surface area contributed by atoms with E-state index in [1.165, 1.54) is 6.92 Å². The van der Waals surface area contributed by atoms with Crippen LogP contribution in [0.25, 0.3) is 28.3 Å². The molecule has 116 valence electrons. The first kappa shape index (κ1) is 14.5. The number of hydrogen-bond donors (Lipinski definition) is 4. The van der Waals surface area contributed by atoms with Crippen LogP contribution in [0, 0.1) is 6.92 Å². The second kappa shape index (κ2) is 4.80. The molecule has 0 saturated heterocycles. The van der Waals surface area contributed by atoms with E-state index in [0.717, 1.165) is 18.3 Å². The van der Waals surface area contributed by atoms with Gasteiger partial charge in [-0.3, -0.25) is 9.59 Å². The van der Waals surface area contributed by atoms with Crippen LogP contribution in [0.15, 0.2) is 21.7 Å². The van der Waals surface area contributed by atoms with Crippen LogP contribution in [0.1, 0.15) is 15.9 Å². The quantitative estimate of drug-likeness (QED) is 0.445. The van der Waals surface area contributed by atoms with Gasteiger partial charge in [-0.25, -0.2) is 9.78 Å². The summed E-state index contributed by atoms with van der Waals surface area (Å²) in [5.74, 6) is -1.59. The van der Waals surface area contributed by atoms with Crippen molar-refractivity contribution in [2.24, 2.45) is 5.73 Å². The number of rotatable bonds is 1. The molecule has 8 nitrogen and oxygen atoms in total. The summed E-state index contributed by atoms with van der Waals surface area (Å²) in [5.41, 5.74) is 4.05. The summed E-state index contributed by atoms with van der Waals surface area (Å²) in [5, 5.41) is 19.3. The Morgan fingerprint density at radius 3 is 2.57 bits per heavy atom. The monoisotopic (exact) mass is 313 g/mol. The van der Waals surface area contributed by atoms with Crippen LogP contribution in [-0.2, 0) is 0 Å². The molecule has 5 N–H and O–H groups in total. The Kier molecular flexibility index (Phi) is 3.03. The number of carboxylic acid groups (broad SMARTS) is 1. The Morgan fingerprint density at radius 1 is 1.26 bits per heavy atom. The van der Waals surface area contributed by atoms with Crippen molar-refractivity contribution in [3.05, 3.63) is 48.9 Å². The summed E-state index contributed by atoms with van der Waals surface area (Å²) in [7, 11) is 0. The normalized spacial score (nSPS) is 12.1. The third kappa shape index (κ3) is 1.92. The molecule has 8 heteroatoms. The average molecular weight is 313 g/mol. The molecule has 0 amide bonds. The first-order chi connectivity index (χ1) is 10.9. The van der Waals surface area contributed by atoms with E-state index in [-0.39, 0.29) is 44.2 Å². The van der Waals surface area contributed by atoms with E-state index in [1.54, 1.807) is 0 Å². The molecule has 0 atom stereocenters. The number of H-pyrrole nitrogens is 1. The van der Waals surface area contributed by atoms with Crippen molar-refractivity contribution in [1.82, 2.24) is 9.97 Å². The largest absolute Gasteiger partial charge is 0.507 e. The van der Waals surface area contributed by atoms with Crippen LogP contribution >= 0.6 is 0 Å². The number of aromatic amines is 1. The molecule has 0 aliphatic rings. The highest BCUT2D eigenvalue weighted by Crippen LogP contribution is 2.16. The van der Waals surface area contributed by atoms with Crippen LogP contribution in [0.4, 0.5) is 0 Å². The van der Waals surface area contributed by atoms with Gasteiger partial charge in [0.25, 0.3) is 0 Å². The topological polar surface area (TPSA) is 146 Å². The zero-order valence-corrected chi connectivity index (χ0v) is 11.9. The maximum Gasteiger partial charge on any atom is 0.337 e. The van der Waals surface area contributed by atoms with Gasteiger partial charge in [-0.15, -0.1) is 0 Å². The molecule has 1 heterocycles. The van der Waals surface area contributed by atoms with Crippen molar-refractivity contribution in [2.75, 3.05) is 0 Å². The highest BCUT2D eigenvalue weighted by atomic mass is 16.4. The predicted octanol–water partition coefficient (Wildman–Crippen LogP) is -0.436. The Balaban J connectivity index is 2.72. The molecule has 3 rings (SSSR count). The van der Waals surface area contributed by atoms with Gasteiger partial charge >= 0.3 is 5.97 Å². The van der Waals surface area contributed by atoms with Gasteiger partial charge in [0.2, 0.25) is 10.9 Å². The minimum atomic E-state index is -1.26.